The van der Waals surface area contributed by atoms with Crippen LogP contribution in [0.2, 0.25) is 0 Å². The number of nitro groups is 1. The van der Waals surface area contributed by atoms with Gasteiger partial charge in [-0.1, -0.05) is 72.8 Å². The molecule has 0 aliphatic rings. The molecule has 7 heteroatoms. The molecule has 2 unspecified atom stereocenters. The van der Waals surface area contributed by atoms with Gasteiger partial charge in [0.05, 0.1) is 11.5 Å². The second-order valence-electron chi connectivity index (χ2n) is 8.44. The maximum atomic E-state index is 11.1. The number of ether oxygens (including phenoxy) is 2. The fourth-order valence-electron chi connectivity index (χ4n) is 4.16. The van der Waals surface area contributed by atoms with Gasteiger partial charge in [0.15, 0.2) is 0 Å². The highest BCUT2D eigenvalue weighted by Crippen LogP contribution is 2.44. The minimum Gasteiger partial charge on any atom is -0.365 e. The summed E-state index contributed by atoms with van der Waals surface area (Å²) < 4.78 is 13.5. The van der Waals surface area contributed by atoms with Crippen LogP contribution in [0.25, 0.3) is 0 Å². The van der Waals surface area contributed by atoms with Crippen molar-refractivity contribution < 1.29 is 14.4 Å². The molecule has 0 bridgehead atoms. The Bertz CT molecular complexity index is 1330. The van der Waals surface area contributed by atoms with Crippen LogP contribution >= 0.6 is 22.7 Å². The molecule has 5 aromatic rings. The zero-order valence-corrected chi connectivity index (χ0v) is 21.5. The maximum Gasteiger partial charge on any atom is 0.269 e. The third kappa shape index (κ3) is 6.21. The first kappa shape index (κ1) is 25.0. The van der Waals surface area contributed by atoms with Crippen molar-refractivity contribution in [3.8, 4) is 0 Å². The van der Waals surface area contributed by atoms with Gasteiger partial charge in [-0.05, 0) is 51.7 Å². The third-order valence-electron chi connectivity index (χ3n) is 5.99. The van der Waals surface area contributed by atoms with Gasteiger partial charge in [0.2, 0.25) is 0 Å². The Morgan fingerprint density at radius 1 is 0.676 bits per heavy atom. The van der Waals surface area contributed by atoms with E-state index in [0.29, 0.717) is 6.61 Å². The van der Waals surface area contributed by atoms with Gasteiger partial charge in [0.25, 0.3) is 5.69 Å². The van der Waals surface area contributed by atoms with Gasteiger partial charge in [-0.15, -0.1) is 22.7 Å². The predicted octanol–water partition coefficient (Wildman–Crippen LogP) is 8.52. The lowest BCUT2D eigenvalue weighted by molar-refractivity contribution is -0.384. The van der Waals surface area contributed by atoms with E-state index in [9.17, 15) is 10.1 Å². The number of nitro benzene ring substituents is 1. The van der Waals surface area contributed by atoms with Gasteiger partial charge < -0.3 is 9.47 Å². The van der Waals surface area contributed by atoms with E-state index in [2.05, 4.69) is 36.4 Å². The Morgan fingerprint density at radius 2 is 1.22 bits per heavy atom. The Kier molecular flexibility index (Phi) is 8.18. The van der Waals surface area contributed by atoms with Gasteiger partial charge in [-0.2, -0.15) is 0 Å². The first-order valence-electron chi connectivity index (χ1n) is 11.9. The second kappa shape index (κ2) is 12.1. The molecule has 2 heterocycles. The van der Waals surface area contributed by atoms with Crippen LogP contribution in [-0.4, -0.2) is 4.92 Å². The highest BCUT2D eigenvalue weighted by molar-refractivity contribution is 7.10. The maximum absolute atomic E-state index is 11.1. The van der Waals surface area contributed by atoms with Crippen molar-refractivity contribution in [2.24, 2.45) is 0 Å². The van der Waals surface area contributed by atoms with Gasteiger partial charge in [0, 0.05) is 21.9 Å². The van der Waals surface area contributed by atoms with E-state index in [1.165, 1.54) is 12.1 Å². The molecule has 37 heavy (non-hydrogen) atoms. The monoisotopic (exact) mass is 527 g/mol. The van der Waals surface area contributed by atoms with Gasteiger partial charge in [-0.25, -0.2) is 0 Å². The summed E-state index contributed by atoms with van der Waals surface area (Å²) in [5, 5.41) is 15.1. The first-order valence-corrected chi connectivity index (χ1v) is 13.6. The predicted molar refractivity (Wildman–Crippen MR) is 148 cm³/mol. The summed E-state index contributed by atoms with van der Waals surface area (Å²) >= 11 is 3.27. The summed E-state index contributed by atoms with van der Waals surface area (Å²) in [4.78, 5) is 12.8. The summed E-state index contributed by atoms with van der Waals surface area (Å²) in [6.07, 6.45) is -1.04. The molecule has 0 saturated heterocycles. The highest BCUT2D eigenvalue weighted by atomic mass is 32.1. The van der Waals surface area contributed by atoms with E-state index in [-0.39, 0.29) is 24.0 Å². The van der Waals surface area contributed by atoms with Crippen molar-refractivity contribution in [1.82, 2.24) is 0 Å². The average Bonchev–Trinajstić information content (AvgIpc) is 3.67. The molecule has 0 N–H and O–H groups in total. The van der Waals surface area contributed by atoms with Crippen molar-refractivity contribution in [1.29, 1.82) is 0 Å². The zero-order valence-electron chi connectivity index (χ0n) is 19.9. The van der Waals surface area contributed by atoms with E-state index in [1.807, 2.05) is 59.3 Å². The van der Waals surface area contributed by atoms with Gasteiger partial charge in [0.1, 0.15) is 18.3 Å². The number of rotatable bonds is 11. The molecule has 0 fully saturated rings. The molecule has 0 radical (unpaired) electrons. The molecule has 5 rings (SSSR count). The van der Waals surface area contributed by atoms with Crippen molar-refractivity contribution in [3.05, 3.63) is 157 Å². The minimum atomic E-state index is -0.396. The molecule has 5 nitrogen and oxygen atoms in total. The van der Waals surface area contributed by atoms with Gasteiger partial charge in [-0.3, -0.25) is 10.1 Å². The fourth-order valence-corrected chi connectivity index (χ4v) is 5.75. The third-order valence-corrected chi connectivity index (χ3v) is 7.85. The SMILES string of the molecule is O=[N+]([O-])c1ccc(COC(c2cccs2)C(OC(c2ccccc2)c2ccccc2)c2cccs2)cc1. The lowest BCUT2D eigenvalue weighted by Gasteiger charge is -2.31. The Balaban J connectivity index is 1.49. The summed E-state index contributed by atoms with van der Waals surface area (Å²) in [5.41, 5.74) is 3.05. The van der Waals surface area contributed by atoms with Crippen LogP contribution in [0.5, 0.6) is 0 Å². The highest BCUT2D eigenvalue weighted by Gasteiger charge is 2.32. The first-order chi connectivity index (χ1) is 18.2. The molecule has 3 aromatic carbocycles. The molecule has 2 atom stereocenters. The normalized spacial score (nSPS) is 12.9. The largest absolute Gasteiger partial charge is 0.365 e. The number of non-ortho nitro benzene ring substituents is 1. The molecular formula is C30H25NO4S2. The van der Waals surface area contributed by atoms with E-state index < -0.39 is 4.92 Å². The van der Waals surface area contributed by atoms with Crippen LogP contribution in [0.15, 0.2) is 120 Å². The van der Waals surface area contributed by atoms with Crippen LogP contribution in [0.3, 0.4) is 0 Å². The Labute approximate surface area is 223 Å². The Hall–Kier alpha value is -3.62. The topological polar surface area (TPSA) is 61.6 Å². The van der Waals surface area contributed by atoms with Crippen LogP contribution < -0.4 is 0 Å². The molecule has 0 amide bonds. The number of benzene rings is 3. The van der Waals surface area contributed by atoms with Crippen LogP contribution in [0.4, 0.5) is 5.69 Å². The summed E-state index contributed by atoms with van der Waals surface area (Å²) in [5.74, 6) is 0. The minimum absolute atomic E-state index is 0.0620. The van der Waals surface area contributed by atoms with E-state index in [4.69, 9.17) is 9.47 Å². The van der Waals surface area contributed by atoms with Gasteiger partial charge >= 0.3 is 0 Å². The van der Waals surface area contributed by atoms with E-state index in [1.54, 1.807) is 34.8 Å². The van der Waals surface area contributed by atoms with Crippen molar-refractivity contribution in [2.75, 3.05) is 0 Å². The van der Waals surface area contributed by atoms with Crippen LogP contribution in [0.1, 0.15) is 44.8 Å². The fraction of sp³-hybridized carbons (Fsp3) is 0.133. The van der Waals surface area contributed by atoms with Crippen LogP contribution in [0, 0.1) is 10.1 Å². The standard InChI is InChI=1S/C30H25NO4S2/c32-31(33)25-17-15-22(16-18-25)21-34-29(26-13-7-19-36-26)30(27-14-8-20-37-27)35-28(23-9-3-1-4-10-23)24-11-5-2-6-12-24/h1-20,28-30H,21H2. The quantitative estimate of drug-likeness (QED) is 0.128. The number of thiophene rings is 2. The lowest BCUT2D eigenvalue weighted by atomic mass is 10.0. The van der Waals surface area contributed by atoms with Crippen molar-refractivity contribution >= 4 is 28.4 Å². The summed E-state index contributed by atoms with van der Waals surface area (Å²) in [6, 6.07) is 35.1. The Morgan fingerprint density at radius 3 is 1.70 bits per heavy atom. The number of nitrogens with zero attached hydrogens (tertiary/aromatic N) is 1. The van der Waals surface area contributed by atoms with Crippen molar-refractivity contribution in [3.63, 3.8) is 0 Å². The van der Waals surface area contributed by atoms with Crippen LogP contribution in [-0.2, 0) is 16.1 Å². The van der Waals surface area contributed by atoms with E-state index >= 15 is 0 Å². The molecule has 186 valence electrons. The smallest absolute Gasteiger partial charge is 0.269 e. The molecule has 0 aliphatic carbocycles. The molecule has 0 spiro atoms. The van der Waals surface area contributed by atoms with Crippen molar-refractivity contribution in [2.45, 2.75) is 24.9 Å². The summed E-state index contributed by atoms with van der Waals surface area (Å²) in [7, 11) is 0. The molecular weight excluding hydrogens is 502 g/mol. The summed E-state index contributed by atoms with van der Waals surface area (Å²) in [6.45, 7) is 0.299. The second-order valence-corrected chi connectivity index (χ2v) is 10.4. The molecule has 2 aromatic heterocycles. The molecule has 0 saturated carbocycles. The number of hydrogen-bond acceptors (Lipinski definition) is 6. The average molecular weight is 528 g/mol. The lowest BCUT2D eigenvalue weighted by Crippen LogP contribution is -2.19. The molecule has 0 aliphatic heterocycles. The van der Waals surface area contributed by atoms with E-state index in [0.717, 1.165) is 26.4 Å². The number of hydrogen-bond donors (Lipinski definition) is 0. The zero-order chi connectivity index (χ0) is 25.5.